The van der Waals surface area contributed by atoms with Crippen LogP contribution in [-0.4, -0.2) is 36.6 Å². The van der Waals surface area contributed by atoms with Gasteiger partial charge in [0.25, 0.3) is 0 Å². The van der Waals surface area contributed by atoms with E-state index in [-0.39, 0.29) is 11.9 Å². The van der Waals surface area contributed by atoms with Gasteiger partial charge in [-0.3, -0.25) is 9.69 Å². The Morgan fingerprint density at radius 1 is 1.25 bits per heavy atom. The fraction of sp³-hybridized carbons (Fsp3) is 0.650. The SMILES string of the molecule is CCCCCN1C2CCC1C(C(=O)OC)C(c1ccc(I)cc1)C2. The van der Waals surface area contributed by atoms with E-state index in [1.54, 1.807) is 0 Å². The van der Waals surface area contributed by atoms with Gasteiger partial charge in [-0.15, -0.1) is 0 Å². The van der Waals surface area contributed by atoms with Crippen LogP contribution in [0, 0.1) is 9.49 Å². The minimum atomic E-state index is -0.0237. The van der Waals surface area contributed by atoms with Gasteiger partial charge in [0.05, 0.1) is 13.0 Å². The zero-order chi connectivity index (χ0) is 17.1. The highest BCUT2D eigenvalue weighted by molar-refractivity contribution is 14.1. The van der Waals surface area contributed by atoms with Crippen LogP contribution >= 0.6 is 22.6 Å². The van der Waals surface area contributed by atoms with Crippen molar-refractivity contribution in [2.75, 3.05) is 13.7 Å². The summed E-state index contributed by atoms with van der Waals surface area (Å²) in [6.07, 6.45) is 7.21. The smallest absolute Gasteiger partial charge is 0.310 e. The first-order valence-corrected chi connectivity index (χ1v) is 10.3. The van der Waals surface area contributed by atoms with Crippen LogP contribution in [0.15, 0.2) is 24.3 Å². The molecule has 3 rings (SSSR count). The third-order valence-corrected chi connectivity index (χ3v) is 6.58. The van der Waals surface area contributed by atoms with Gasteiger partial charge < -0.3 is 4.74 Å². The van der Waals surface area contributed by atoms with Crippen LogP contribution in [0.5, 0.6) is 0 Å². The van der Waals surface area contributed by atoms with Crippen LogP contribution in [0.3, 0.4) is 0 Å². The zero-order valence-electron chi connectivity index (χ0n) is 14.7. The third kappa shape index (κ3) is 3.64. The van der Waals surface area contributed by atoms with Gasteiger partial charge in [-0.05, 0) is 72.5 Å². The first-order chi connectivity index (χ1) is 11.7. The molecule has 2 heterocycles. The van der Waals surface area contributed by atoms with Crippen LogP contribution in [0.4, 0.5) is 0 Å². The van der Waals surface area contributed by atoms with Gasteiger partial charge in [0, 0.05) is 21.6 Å². The Morgan fingerprint density at radius 3 is 2.67 bits per heavy atom. The van der Waals surface area contributed by atoms with E-state index in [1.807, 2.05) is 0 Å². The van der Waals surface area contributed by atoms with E-state index in [1.165, 1.54) is 41.9 Å². The summed E-state index contributed by atoms with van der Waals surface area (Å²) in [6.45, 7) is 3.38. The van der Waals surface area contributed by atoms with Gasteiger partial charge in [0.2, 0.25) is 0 Å². The molecule has 132 valence electrons. The molecule has 0 radical (unpaired) electrons. The molecule has 1 aromatic carbocycles. The van der Waals surface area contributed by atoms with Crippen LogP contribution in [0.2, 0.25) is 0 Å². The van der Waals surface area contributed by atoms with Crippen LogP contribution < -0.4 is 0 Å². The largest absolute Gasteiger partial charge is 0.469 e. The molecule has 0 aromatic heterocycles. The summed E-state index contributed by atoms with van der Waals surface area (Å²) in [5, 5.41) is 0. The normalized spacial score (nSPS) is 29.6. The van der Waals surface area contributed by atoms with Crippen LogP contribution in [-0.2, 0) is 9.53 Å². The predicted octanol–water partition coefficient (Wildman–Crippen LogP) is 4.59. The number of ether oxygens (including phenoxy) is 1. The van der Waals surface area contributed by atoms with E-state index in [2.05, 4.69) is 58.7 Å². The number of benzene rings is 1. The molecule has 24 heavy (non-hydrogen) atoms. The van der Waals surface area contributed by atoms with Gasteiger partial charge >= 0.3 is 5.97 Å². The lowest BCUT2D eigenvalue weighted by molar-refractivity contribution is -0.150. The number of nitrogens with zero attached hydrogens (tertiary/aromatic N) is 1. The summed E-state index contributed by atoms with van der Waals surface area (Å²) in [7, 11) is 1.54. The molecule has 2 fully saturated rings. The van der Waals surface area contributed by atoms with E-state index in [0.717, 1.165) is 19.4 Å². The van der Waals surface area contributed by atoms with Crippen molar-refractivity contribution in [2.45, 2.75) is 63.5 Å². The van der Waals surface area contributed by atoms with Crippen molar-refractivity contribution >= 4 is 28.6 Å². The summed E-state index contributed by atoms with van der Waals surface area (Å²) in [5.41, 5.74) is 1.30. The molecule has 4 unspecified atom stereocenters. The fourth-order valence-electron chi connectivity index (χ4n) is 4.72. The van der Waals surface area contributed by atoms with Crippen molar-refractivity contribution in [3.05, 3.63) is 33.4 Å². The van der Waals surface area contributed by atoms with Crippen molar-refractivity contribution in [1.82, 2.24) is 4.90 Å². The summed E-state index contributed by atoms with van der Waals surface area (Å²) < 4.78 is 6.46. The lowest BCUT2D eigenvalue weighted by Crippen LogP contribution is -2.51. The highest BCUT2D eigenvalue weighted by atomic mass is 127. The molecule has 2 aliphatic heterocycles. The monoisotopic (exact) mass is 441 g/mol. The van der Waals surface area contributed by atoms with Gasteiger partial charge in [-0.1, -0.05) is 31.9 Å². The molecule has 0 amide bonds. The van der Waals surface area contributed by atoms with Crippen LogP contribution in [0.25, 0.3) is 0 Å². The number of fused-ring (bicyclic) bond motifs is 2. The maximum atomic E-state index is 12.6. The summed E-state index contributed by atoms with van der Waals surface area (Å²) in [4.78, 5) is 15.3. The molecule has 1 aromatic rings. The molecule has 0 aliphatic carbocycles. The average Bonchev–Trinajstić information content (AvgIpc) is 2.87. The first kappa shape index (κ1) is 18.2. The number of piperidine rings is 1. The number of carbonyl (C=O) groups excluding carboxylic acids is 1. The van der Waals surface area contributed by atoms with E-state index < -0.39 is 0 Å². The predicted molar refractivity (Wildman–Crippen MR) is 105 cm³/mol. The second-order valence-electron chi connectivity index (χ2n) is 7.19. The van der Waals surface area contributed by atoms with Gasteiger partial charge in [-0.25, -0.2) is 0 Å². The summed E-state index contributed by atoms with van der Waals surface area (Å²) in [5.74, 6) is 0.259. The van der Waals surface area contributed by atoms with Crippen molar-refractivity contribution in [2.24, 2.45) is 5.92 Å². The second kappa shape index (κ2) is 8.17. The Morgan fingerprint density at radius 2 is 2.00 bits per heavy atom. The fourth-order valence-corrected chi connectivity index (χ4v) is 5.08. The molecule has 0 N–H and O–H groups in total. The van der Waals surface area contributed by atoms with E-state index in [4.69, 9.17) is 4.74 Å². The lowest BCUT2D eigenvalue weighted by atomic mass is 9.76. The topological polar surface area (TPSA) is 29.5 Å². The van der Waals surface area contributed by atoms with Crippen LogP contribution in [0.1, 0.15) is 56.9 Å². The van der Waals surface area contributed by atoms with Gasteiger partial charge in [0.1, 0.15) is 0 Å². The highest BCUT2D eigenvalue weighted by Gasteiger charge is 2.50. The Hall–Kier alpha value is -0.620. The maximum Gasteiger partial charge on any atom is 0.310 e. The molecule has 2 aliphatic rings. The average molecular weight is 441 g/mol. The minimum Gasteiger partial charge on any atom is -0.469 e. The number of hydrogen-bond donors (Lipinski definition) is 0. The van der Waals surface area contributed by atoms with Gasteiger partial charge in [0.15, 0.2) is 0 Å². The second-order valence-corrected chi connectivity index (χ2v) is 8.43. The van der Waals surface area contributed by atoms with Crippen molar-refractivity contribution < 1.29 is 9.53 Å². The van der Waals surface area contributed by atoms with E-state index >= 15 is 0 Å². The Bertz CT molecular complexity index is 559. The molecule has 2 bridgehead atoms. The van der Waals surface area contributed by atoms with E-state index in [0.29, 0.717) is 18.0 Å². The Balaban J connectivity index is 1.83. The Kier molecular flexibility index (Phi) is 6.19. The third-order valence-electron chi connectivity index (χ3n) is 5.86. The van der Waals surface area contributed by atoms with Crippen molar-refractivity contribution in [1.29, 1.82) is 0 Å². The molecular weight excluding hydrogens is 413 g/mol. The first-order valence-electron chi connectivity index (χ1n) is 9.24. The Labute approximate surface area is 159 Å². The molecule has 4 heteroatoms. The molecule has 0 spiro atoms. The van der Waals surface area contributed by atoms with E-state index in [9.17, 15) is 4.79 Å². The number of unbranched alkanes of at least 4 members (excludes halogenated alkanes) is 2. The number of hydrogen-bond acceptors (Lipinski definition) is 3. The quantitative estimate of drug-likeness (QED) is 0.368. The number of carbonyl (C=O) groups is 1. The lowest BCUT2D eigenvalue weighted by Gasteiger charge is -2.43. The molecule has 4 atom stereocenters. The van der Waals surface area contributed by atoms with Crippen molar-refractivity contribution in [3.8, 4) is 0 Å². The maximum absolute atomic E-state index is 12.6. The number of rotatable bonds is 6. The molecule has 0 saturated carbocycles. The zero-order valence-corrected chi connectivity index (χ0v) is 16.9. The van der Waals surface area contributed by atoms with Crippen molar-refractivity contribution in [3.63, 3.8) is 0 Å². The number of halogens is 1. The molecular formula is C20H28INO2. The summed E-state index contributed by atoms with van der Waals surface area (Å²) in [6, 6.07) is 9.71. The number of methoxy groups -OCH3 is 1. The molecule has 3 nitrogen and oxygen atoms in total. The number of esters is 1. The van der Waals surface area contributed by atoms with Gasteiger partial charge in [-0.2, -0.15) is 0 Å². The standard InChI is InChI=1S/C20H28INO2/c1-3-4-5-12-22-16-10-11-18(22)19(20(23)24-2)17(13-16)14-6-8-15(21)9-7-14/h6-9,16-19H,3-5,10-13H2,1-2H3. The highest BCUT2D eigenvalue weighted by Crippen LogP contribution is 2.47. The molecule has 2 saturated heterocycles. The summed E-state index contributed by atoms with van der Waals surface area (Å²) >= 11 is 2.34. The minimum absolute atomic E-state index is 0.0181.